The summed E-state index contributed by atoms with van der Waals surface area (Å²) in [6, 6.07) is 10.8. The Morgan fingerprint density at radius 2 is 1.68 bits per heavy atom. The third-order valence-electron chi connectivity index (χ3n) is 8.43. The summed E-state index contributed by atoms with van der Waals surface area (Å²) in [6.45, 7) is 0. The molecule has 196 valence electrons. The predicted octanol–water partition coefficient (Wildman–Crippen LogP) is 4.33. The molecule has 2 aliphatic carbocycles. The number of hydrogen-bond donors (Lipinski definition) is 1. The Morgan fingerprint density at radius 1 is 1.00 bits per heavy atom. The standard InChI is InChI=1S/C27H20Cl2FIN2O5/c1-32-24(37)26(28)11-17-14(20(27(26,29)25(32)38)16-3-2-4-18(30)21(16)34)9-10-15-19(17)23(36)33(22(15)35)13-7-5-12(31)6-8-13/h2-9,15,17,19-20,34H,10-11H2,1H3/t15-,17+,19-,20+,26+,27-/m0/s1. The molecule has 1 saturated carbocycles. The summed E-state index contributed by atoms with van der Waals surface area (Å²) >= 11 is 16.2. The highest BCUT2D eigenvalue weighted by molar-refractivity contribution is 14.1. The van der Waals surface area contributed by atoms with E-state index in [2.05, 4.69) is 22.6 Å². The topological polar surface area (TPSA) is 95.0 Å². The first kappa shape index (κ1) is 25.8. The molecular weight excluding hydrogens is 649 g/mol. The Balaban J connectivity index is 1.53. The van der Waals surface area contributed by atoms with Crippen LogP contribution in [0.1, 0.15) is 24.3 Å². The molecule has 6 rings (SSSR count). The van der Waals surface area contributed by atoms with E-state index in [0.717, 1.165) is 19.4 Å². The fraction of sp³-hybridized carbons (Fsp3) is 0.333. The smallest absolute Gasteiger partial charge is 0.253 e. The molecule has 0 unspecified atom stereocenters. The average Bonchev–Trinajstić information content (AvgIpc) is 3.22. The van der Waals surface area contributed by atoms with Crippen molar-refractivity contribution >= 4 is 75.1 Å². The molecule has 0 radical (unpaired) electrons. The van der Waals surface area contributed by atoms with Crippen molar-refractivity contribution in [1.29, 1.82) is 0 Å². The molecule has 3 fully saturated rings. The van der Waals surface area contributed by atoms with Gasteiger partial charge in [-0.15, -0.1) is 23.2 Å². The number of benzene rings is 2. The summed E-state index contributed by atoms with van der Waals surface area (Å²) in [5.74, 6) is -7.50. The Hall–Kier alpha value is -2.50. The highest BCUT2D eigenvalue weighted by atomic mass is 127. The quantitative estimate of drug-likeness (QED) is 0.223. The summed E-state index contributed by atoms with van der Waals surface area (Å²) in [4.78, 5) is 52.2. The van der Waals surface area contributed by atoms with Crippen LogP contribution in [-0.4, -0.2) is 50.4 Å². The first-order valence-electron chi connectivity index (χ1n) is 11.9. The minimum atomic E-state index is -2.08. The van der Waals surface area contributed by atoms with Crippen LogP contribution in [0, 0.1) is 27.1 Å². The SMILES string of the molecule is CN1C(=O)[C@]2(Cl)C[C@@H]3C(=CC[C@@H]4C(=O)N(c5ccc(I)cc5)C(=O)[C@@H]43)[C@H](c3cccc(F)c3O)[C@]2(Cl)C1=O. The lowest BCUT2D eigenvalue weighted by Crippen LogP contribution is -2.60. The number of allylic oxidation sites excluding steroid dienone is 2. The molecule has 0 aromatic heterocycles. The number of carbonyl (C=O) groups is 4. The molecule has 2 heterocycles. The minimum absolute atomic E-state index is 0.0119. The van der Waals surface area contributed by atoms with Crippen LogP contribution < -0.4 is 4.90 Å². The summed E-state index contributed by atoms with van der Waals surface area (Å²) in [7, 11) is 1.27. The van der Waals surface area contributed by atoms with Gasteiger partial charge < -0.3 is 5.11 Å². The molecule has 0 bridgehead atoms. The van der Waals surface area contributed by atoms with Gasteiger partial charge in [-0.1, -0.05) is 23.8 Å². The van der Waals surface area contributed by atoms with E-state index in [1.54, 1.807) is 30.3 Å². The normalized spacial score (nSPS) is 34.3. The van der Waals surface area contributed by atoms with Crippen LogP contribution >= 0.6 is 45.8 Å². The van der Waals surface area contributed by atoms with Gasteiger partial charge in [-0.2, -0.15) is 0 Å². The molecule has 2 aromatic rings. The minimum Gasteiger partial charge on any atom is -0.505 e. The molecule has 2 aromatic carbocycles. The molecule has 1 N–H and O–H groups in total. The number of likely N-dealkylation sites (tertiary alicyclic amines) is 1. The molecule has 0 spiro atoms. The Bertz CT molecular complexity index is 1480. The van der Waals surface area contributed by atoms with Crippen LogP contribution in [0.15, 0.2) is 54.1 Å². The van der Waals surface area contributed by atoms with Crippen LogP contribution in [0.4, 0.5) is 10.1 Å². The molecular formula is C27H20Cl2FIN2O5. The maximum absolute atomic E-state index is 14.6. The number of para-hydroxylation sites is 1. The van der Waals surface area contributed by atoms with Gasteiger partial charge in [0.25, 0.3) is 11.8 Å². The average molecular weight is 669 g/mol. The summed E-state index contributed by atoms with van der Waals surface area (Å²) < 4.78 is 15.5. The second-order valence-corrected chi connectivity index (χ2v) is 12.7. The van der Waals surface area contributed by atoms with E-state index in [1.807, 2.05) is 0 Å². The van der Waals surface area contributed by atoms with Crippen molar-refractivity contribution in [2.24, 2.45) is 17.8 Å². The number of hydrogen-bond acceptors (Lipinski definition) is 5. The summed E-state index contributed by atoms with van der Waals surface area (Å²) in [6.07, 6.45) is 1.74. The maximum atomic E-state index is 14.6. The van der Waals surface area contributed by atoms with Gasteiger partial charge >= 0.3 is 0 Å². The van der Waals surface area contributed by atoms with Crippen LogP contribution in [-0.2, 0) is 19.2 Å². The van der Waals surface area contributed by atoms with E-state index in [0.29, 0.717) is 11.3 Å². The number of carbonyl (C=O) groups excluding carboxylic acids is 4. The second-order valence-electron chi connectivity index (χ2n) is 10.2. The van der Waals surface area contributed by atoms with Gasteiger partial charge in [0.05, 0.1) is 17.5 Å². The molecule has 4 aliphatic rings. The number of phenols is 1. The largest absolute Gasteiger partial charge is 0.505 e. The van der Waals surface area contributed by atoms with E-state index in [4.69, 9.17) is 23.2 Å². The molecule has 38 heavy (non-hydrogen) atoms. The van der Waals surface area contributed by atoms with E-state index in [1.165, 1.54) is 19.2 Å². The number of aromatic hydroxyl groups is 1. The van der Waals surface area contributed by atoms with E-state index < -0.39 is 62.7 Å². The zero-order valence-electron chi connectivity index (χ0n) is 19.8. The van der Waals surface area contributed by atoms with Gasteiger partial charge in [-0.3, -0.25) is 29.0 Å². The Morgan fingerprint density at radius 3 is 2.37 bits per heavy atom. The van der Waals surface area contributed by atoms with Gasteiger partial charge in [0, 0.05) is 22.1 Å². The lowest BCUT2D eigenvalue weighted by atomic mass is 9.56. The number of nitrogens with zero attached hydrogens (tertiary/aromatic N) is 2. The van der Waals surface area contributed by atoms with Gasteiger partial charge in [-0.05, 0) is 71.7 Å². The fourth-order valence-electron chi connectivity index (χ4n) is 6.70. The Kier molecular flexibility index (Phi) is 5.76. The molecule has 7 nitrogen and oxygen atoms in total. The lowest BCUT2D eigenvalue weighted by Gasteiger charge is -2.50. The monoisotopic (exact) mass is 668 g/mol. The Labute approximate surface area is 240 Å². The van der Waals surface area contributed by atoms with Gasteiger partial charge in [0.1, 0.15) is 0 Å². The van der Waals surface area contributed by atoms with Crippen molar-refractivity contribution < 1.29 is 28.7 Å². The molecule has 2 saturated heterocycles. The van der Waals surface area contributed by atoms with Crippen molar-refractivity contribution in [2.75, 3.05) is 11.9 Å². The molecule has 6 atom stereocenters. The predicted molar refractivity (Wildman–Crippen MR) is 145 cm³/mol. The van der Waals surface area contributed by atoms with Crippen LogP contribution in [0.25, 0.3) is 0 Å². The number of imide groups is 2. The summed E-state index contributed by atoms with van der Waals surface area (Å²) in [5.41, 5.74) is 0.910. The molecule has 4 amide bonds. The number of phenolic OH excluding ortho intramolecular Hbond substituents is 1. The highest BCUT2D eigenvalue weighted by Gasteiger charge is 2.76. The van der Waals surface area contributed by atoms with Crippen molar-refractivity contribution in [3.63, 3.8) is 0 Å². The van der Waals surface area contributed by atoms with Gasteiger partial charge in [0.15, 0.2) is 21.3 Å². The maximum Gasteiger partial charge on any atom is 0.253 e. The van der Waals surface area contributed by atoms with Crippen molar-refractivity contribution in [2.45, 2.75) is 28.5 Å². The highest BCUT2D eigenvalue weighted by Crippen LogP contribution is 2.66. The first-order chi connectivity index (χ1) is 17.9. The summed E-state index contributed by atoms with van der Waals surface area (Å²) in [5, 5.41) is 10.7. The number of fused-ring (bicyclic) bond motifs is 4. The number of rotatable bonds is 2. The first-order valence-corrected chi connectivity index (χ1v) is 13.8. The van der Waals surface area contributed by atoms with Crippen molar-refractivity contribution in [3.05, 3.63) is 69.1 Å². The van der Waals surface area contributed by atoms with Crippen LogP contribution in [0.3, 0.4) is 0 Å². The number of anilines is 1. The second kappa shape index (κ2) is 8.50. The van der Waals surface area contributed by atoms with Crippen LogP contribution in [0.5, 0.6) is 5.75 Å². The van der Waals surface area contributed by atoms with E-state index in [-0.39, 0.29) is 24.3 Å². The van der Waals surface area contributed by atoms with E-state index in [9.17, 15) is 28.7 Å². The number of amides is 4. The number of alkyl halides is 2. The lowest BCUT2D eigenvalue weighted by molar-refractivity contribution is -0.138. The van der Waals surface area contributed by atoms with Gasteiger partial charge in [-0.25, -0.2) is 4.39 Å². The van der Waals surface area contributed by atoms with Crippen molar-refractivity contribution in [3.8, 4) is 5.75 Å². The molecule has 2 aliphatic heterocycles. The van der Waals surface area contributed by atoms with Crippen molar-refractivity contribution in [1.82, 2.24) is 4.90 Å². The fourth-order valence-corrected chi connectivity index (χ4v) is 8.07. The van der Waals surface area contributed by atoms with Gasteiger partial charge in [0.2, 0.25) is 11.8 Å². The zero-order valence-corrected chi connectivity index (χ0v) is 23.5. The molecule has 11 heteroatoms. The van der Waals surface area contributed by atoms with Crippen LogP contribution in [0.2, 0.25) is 0 Å². The number of halogens is 4. The third kappa shape index (κ3) is 3.12. The third-order valence-corrected chi connectivity index (χ3v) is 10.6. The zero-order chi connectivity index (χ0) is 27.3. The van der Waals surface area contributed by atoms with E-state index >= 15 is 0 Å².